The standard InChI is InChI=1S/C21H18BrFN2O5/c1-29-19-11-17(16(22)10-15(19)20(27)30-2)24-21(28)25-8-7-14(26)9-18(25)12-3-5-13(23)6-4-12/h3-8,10-11,18H,9H2,1-2H3,(H,24,28). The first-order chi connectivity index (χ1) is 14.3. The molecule has 30 heavy (non-hydrogen) atoms. The van der Waals surface area contributed by atoms with Gasteiger partial charge in [-0.05, 0) is 45.8 Å². The van der Waals surface area contributed by atoms with Gasteiger partial charge in [0, 0.05) is 23.2 Å². The van der Waals surface area contributed by atoms with Crippen molar-refractivity contribution in [3.8, 4) is 5.75 Å². The lowest BCUT2D eigenvalue weighted by atomic mass is 9.97. The summed E-state index contributed by atoms with van der Waals surface area (Å²) in [5.41, 5.74) is 1.17. The quantitative estimate of drug-likeness (QED) is 0.659. The molecular weight excluding hydrogens is 459 g/mol. The first-order valence-corrected chi connectivity index (χ1v) is 9.65. The number of nitrogens with zero attached hydrogens (tertiary/aromatic N) is 1. The number of carbonyl (C=O) groups excluding carboxylic acids is 3. The Bertz CT molecular complexity index is 1020. The smallest absolute Gasteiger partial charge is 0.341 e. The molecule has 0 bridgehead atoms. The largest absolute Gasteiger partial charge is 0.496 e. The molecule has 1 aliphatic heterocycles. The average molecular weight is 477 g/mol. The third-order valence-electron chi connectivity index (χ3n) is 4.58. The SMILES string of the molecule is COC(=O)c1cc(Br)c(NC(=O)N2C=CC(=O)CC2c2ccc(F)cc2)cc1OC. The van der Waals surface area contributed by atoms with Crippen molar-refractivity contribution in [3.05, 3.63) is 70.1 Å². The highest BCUT2D eigenvalue weighted by atomic mass is 79.9. The van der Waals surface area contributed by atoms with Gasteiger partial charge in [0.15, 0.2) is 5.78 Å². The van der Waals surface area contributed by atoms with Crippen molar-refractivity contribution in [2.75, 3.05) is 19.5 Å². The van der Waals surface area contributed by atoms with E-state index in [1.54, 1.807) is 0 Å². The molecular formula is C21H18BrFN2O5. The van der Waals surface area contributed by atoms with Crippen LogP contribution in [0.3, 0.4) is 0 Å². The number of allylic oxidation sites excluding steroid dienone is 1. The molecule has 2 aromatic carbocycles. The second-order valence-corrected chi connectivity index (χ2v) is 7.27. The molecule has 0 saturated heterocycles. The van der Waals surface area contributed by atoms with E-state index in [0.29, 0.717) is 15.7 Å². The number of nitrogens with one attached hydrogen (secondary N) is 1. The Morgan fingerprint density at radius 2 is 1.90 bits per heavy atom. The first kappa shape index (κ1) is 21.5. The number of esters is 1. The van der Waals surface area contributed by atoms with Gasteiger partial charge >= 0.3 is 12.0 Å². The van der Waals surface area contributed by atoms with Gasteiger partial charge < -0.3 is 14.8 Å². The minimum absolute atomic E-state index is 0.0708. The number of carbonyl (C=O) groups is 3. The molecule has 2 amide bonds. The highest BCUT2D eigenvalue weighted by Gasteiger charge is 2.29. The van der Waals surface area contributed by atoms with Gasteiger partial charge in [-0.2, -0.15) is 0 Å². The van der Waals surface area contributed by atoms with Crippen molar-refractivity contribution in [3.63, 3.8) is 0 Å². The fourth-order valence-electron chi connectivity index (χ4n) is 3.06. The van der Waals surface area contributed by atoms with Crippen molar-refractivity contribution in [1.29, 1.82) is 0 Å². The van der Waals surface area contributed by atoms with Crippen LogP contribution in [-0.4, -0.2) is 36.9 Å². The molecule has 0 spiro atoms. The number of hydrogen-bond acceptors (Lipinski definition) is 5. The van der Waals surface area contributed by atoms with E-state index in [1.807, 2.05) is 0 Å². The summed E-state index contributed by atoms with van der Waals surface area (Å²) >= 11 is 3.33. The number of halogens is 2. The third-order valence-corrected chi connectivity index (χ3v) is 5.23. The molecule has 9 heteroatoms. The zero-order valence-corrected chi connectivity index (χ0v) is 17.7. The topological polar surface area (TPSA) is 84.9 Å². The van der Waals surface area contributed by atoms with E-state index in [0.717, 1.165) is 0 Å². The summed E-state index contributed by atoms with van der Waals surface area (Å²) < 4.78 is 23.7. The number of anilines is 1. The Morgan fingerprint density at radius 1 is 1.20 bits per heavy atom. The molecule has 0 radical (unpaired) electrons. The number of amides is 2. The van der Waals surface area contributed by atoms with Crippen LogP contribution in [0.4, 0.5) is 14.9 Å². The summed E-state index contributed by atoms with van der Waals surface area (Å²) in [6, 6.07) is 7.50. The van der Waals surface area contributed by atoms with Crippen LogP contribution < -0.4 is 10.1 Å². The van der Waals surface area contributed by atoms with Gasteiger partial charge in [-0.25, -0.2) is 14.0 Å². The number of ketones is 1. The number of benzene rings is 2. The van der Waals surface area contributed by atoms with Gasteiger partial charge in [-0.1, -0.05) is 12.1 Å². The normalized spacial score (nSPS) is 15.7. The van der Waals surface area contributed by atoms with Gasteiger partial charge in [-0.3, -0.25) is 9.69 Å². The molecule has 0 saturated carbocycles. The van der Waals surface area contributed by atoms with Crippen LogP contribution in [0.5, 0.6) is 5.75 Å². The number of hydrogen-bond donors (Lipinski definition) is 1. The molecule has 0 aliphatic carbocycles. The van der Waals surface area contributed by atoms with Crippen molar-refractivity contribution in [2.45, 2.75) is 12.5 Å². The lowest BCUT2D eigenvalue weighted by molar-refractivity contribution is -0.116. The van der Waals surface area contributed by atoms with E-state index in [-0.39, 0.29) is 23.5 Å². The highest BCUT2D eigenvalue weighted by molar-refractivity contribution is 9.10. The third kappa shape index (κ3) is 4.51. The summed E-state index contributed by atoms with van der Waals surface area (Å²) in [5, 5.41) is 2.74. The van der Waals surface area contributed by atoms with Crippen molar-refractivity contribution >= 4 is 39.4 Å². The number of methoxy groups -OCH3 is 2. The molecule has 156 valence electrons. The fraction of sp³-hybridized carbons (Fsp3) is 0.190. The summed E-state index contributed by atoms with van der Waals surface area (Å²) in [6.07, 6.45) is 2.78. The van der Waals surface area contributed by atoms with Crippen molar-refractivity contribution in [2.24, 2.45) is 0 Å². The lowest BCUT2D eigenvalue weighted by Crippen LogP contribution is -2.37. The zero-order valence-electron chi connectivity index (χ0n) is 16.1. The van der Waals surface area contributed by atoms with E-state index in [4.69, 9.17) is 9.47 Å². The van der Waals surface area contributed by atoms with Gasteiger partial charge in [0.05, 0.1) is 25.9 Å². The zero-order chi connectivity index (χ0) is 21.8. The van der Waals surface area contributed by atoms with Crippen LogP contribution in [0.25, 0.3) is 0 Å². The molecule has 1 atom stereocenters. The Labute approximate surface area is 180 Å². The highest BCUT2D eigenvalue weighted by Crippen LogP contribution is 2.34. The Balaban J connectivity index is 1.90. The van der Waals surface area contributed by atoms with Crippen LogP contribution in [0.1, 0.15) is 28.4 Å². The van der Waals surface area contributed by atoms with E-state index in [1.165, 1.54) is 67.8 Å². The van der Waals surface area contributed by atoms with Gasteiger partial charge in [0.25, 0.3) is 0 Å². The minimum atomic E-state index is -0.585. The lowest BCUT2D eigenvalue weighted by Gasteiger charge is -2.31. The molecule has 1 heterocycles. The average Bonchev–Trinajstić information content (AvgIpc) is 2.74. The fourth-order valence-corrected chi connectivity index (χ4v) is 3.51. The summed E-state index contributed by atoms with van der Waals surface area (Å²) in [5.74, 6) is -0.910. The molecule has 2 aromatic rings. The Kier molecular flexibility index (Phi) is 6.51. The van der Waals surface area contributed by atoms with E-state index in [9.17, 15) is 18.8 Å². The van der Waals surface area contributed by atoms with Gasteiger partial charge in [-0.15, -0.1) is 0 Å². The molecule has 0 fully saturated rings. The number of ether oxygens (including phenoxy) is 2. The van der Waals surface area contributed by atoms with Crippen molar-refractivity contribution in [1.82, 2.24) is 4.90 Å². The van der Waals surface area contributed by atoms with Gasteiger partial charge in [0.1, 0.15) is 17.1 Å². The van der Waals surface area contributed by atoms with Crippen LogP contribution in [0.2, 0.25) is 0 Å². The maximum Gasteiger partial charge on any atom is 0.341 e. The Morgan fingerprint density at radius 3 is 2.53 bits per heavy atom. The van der Waals surface area contributed by atoms with Gasteiger partial charge in [0.2, 0.25) is 0 Å². The molecule has 3 rings (SSSR count). The first-order valence-electron chi connectivity index (χ1n) is 8.85. The van der Waals surface area contributed by atoms with Crippen LogP contribution in [-0.2, 0) is 9.53 Å². The predicted octanol–water partition coefficient (Wildman–Crippen LogP) is 4.45. The van der Waals surface area contributed by atoms with Crippen LogP contribution in [0, 0.1) is 5.82 Å². The molecule has 7 nitrogen and oxygen atoms in total. The number of urea groups is 1. The predicted molar refractivity (Wildman–Crippen MR) is 111 cm³/mol. The maximum atomic E-state index is 13.3. The molecule has 1 aliphatic rings. The van der Waals surface area contributed by atoms with E-state index in [2.05, 4.69) is 21.2 Å². The second-order valence-electron chi connectivity index (χ2n) is 6.41. The maximum absolute atomic E-state index is 13.3. The minimum Gasteiger partial charge on any atom is -0.496 e. The second kappa shape index (κ2) is 9.08. The monoisotopic (exact) mass is 476 g/mol. The summed E-state index contributed by atoms with van der Waals surface area (Å²) in [4.78, 5) is 38.2. The van der Waals surface area contributed by atoms with E-state index < -0.39 is 23.9 Å². The number of rotatable bonds is 4. The molecule has 1 unspecified atom stereocenters. The van der Waals surface area contributed by atoms with Crippen LogP contribution >= 0.6 is 15.9 Å². The van der Waals surface area contributed by atoms with Crippen molar-refractivity contribution < 1.29 is 28.2 Å². The molecule has 1 N–H and O–H groups in total. The molecule has 0 aromatic heterocycles. The van der Waals surface area contributed by atoms with Crippen LogP contribution in [0.15, 0.2) is 53.1 Å². The Hall–Kier alpha value is -3.20. The summed E-state index contributed by atoms with van der Waals surface area (Å²) in [7, 11) is 2.65. The van der Waals surface area contributed by atoms with E-state index >= 15 is 0 Å². The summed E-state index contributed by atoms with van der Waals surface area (Å²) in [6.45, 7) is 0.